The predicted molar refractivity (Wildman–Crippen MR) is 112 cm³/mol. The molecule has 0 aliphatic rings. The quantitative estimate of drug-likeness (QED) is 0.359. The van der Waals surface area contributed by atoms with Gasteiger partial charge in [-0.3, -0.25) is 19.7 Å². The van der Waals surface area contributed by atoms with Gasteiger partial charge < -0.3 is 5.32 Å². The van der Waals surface area contributed by atoms with Crippen LogP contribution in [0.4, 0.5) is 5.69 Å². The van der Waals surface area contributed by atoms with E-state index in [0.29, 0.717) is 5.71 Å². The number of nitrogens with one attached hydrogen (secondary N) is 2. The lowest BCUT2D eigenvalue weighted by molar-refractivity contribution is -0.384. The molecule has 0 fully saturated rings. The predicted octanol–water partition coefficient (Wildman–Crippen LogP) is 2.89. The Kier molecular flexibility index (Phi) is 6.63. The van der Waals surface area contributed by atoms with E-state index in [4.69, 9.17) is 0 Å². The molecule has 3 rings (SSSR count). The number of non-ortho nitro benzene ring substituents is 1. The second-order valence-electron chi connectivity index (χ2n) is 6.22. The van der Waals surface area contributed by atoms with Gasteiger partial charge in [0.25, 0.3) is 17.5 Å². The van der Waals surface area contributed by atoms with Crippen LogP contribution < -0.4 is 10.7 Å². The van der Waals surface area contributed by atoms with Crippen molar-refractivity contribution >= 4 is 23.2 Å². The summed E-state index contributed by atoms with van der Waals surface area (Å²) in [5.41, 5.74) is 4.56. The molecule has 8 nitrogen and oxygen atoms in total. The SMILES string of the molecule is O=C(CNC(=O)c1cccc([N+](=O)[O-])c1)NN=C(c1ccccc1)c1ccccc1. The molecule has 0 aromatic heterocycles. The normalized spacial score (nSPS) is 10.0. The lowest BCUT2D eigenvalue weighted by Crippen LogP contribution is -2.35. The van der Waals surface area contributed by atoms with E-state index in [0.717, 1.165) is 17.2 Å². The van der Waals surface area contributed by atoms with Crippen LogP contribution in [0.1, 0.15) is 21.5 Å². The van der Waals surface area contributed by atoms with Gasteiger partial charge in [-0.1, -0.05) is 66.7 Å². The number of carbonyl (C=O) groups excluding carboxylic acids is 2. The van der Waals surface area contributed by atoms with E-state index in [2.05, 4.69) is 15.8 Å². The van der Waals surface area contributed by atoms with Crippen LogP contribution in [0.15, 0.2) is 90.0 Å². The van der Waals surface area contributed by atoms with E-state index in [9.17, 15) is 19.7 Å². The van der Waals surface area contributed by atoms with Gasteiger partial charge in [0.15, 0.2) is 0 Å². The van der Waals surface area contributed by atoms with Gasteiger partial charge in [0.2, 0.25) is 0 Å². The average molecular weight is 402 g/mol. The Hall–Kier alpha value is -4.33. The first-order valence-corrected chi connectivity index (χ1v) is 9.04. The molecule has 0 heterocycles. The topological polar surface area (TPSA) is 114 Å². The van der Waals surface area contributed by atoms with Crippen LogP contribution in [0.5, 0.6) is 0 Å². The molecule has 0 spiro atoms. The number of rotatable bonds is 7. The third-order valence-corrected chi connectivity index (χ3v) is 4.12. The van der Waals surface area contributed by atoms with E-state index < -0.39 is 16.7 Å². The van der Waals surface area contributed by atoms with Gasteiger partial charge in [-0.15, -0.1) is 0 Å². The lowest BCUT2D eigenvalue weighted by atomic mass is 10.0. The maximum Gasteiger partial charge on any atom is 0.270 e. The van der Waals surface area contributed by atoms with Crippen LogP contribution in [0.3, 0.4) is 0 Å². The summed E-state index contributed by atoms with van der Waals surface area (Å²) < 4.78 is 0. The van der Waals surface area contributed by atoms with Gasteiger partial charge in [-0.2, -0.15) is 5.10 Å². The number of hydrogen-bond acceptors (Lipinski definition) is 5. The van der Waals surface area contributed by atoms with Gasteiger partial charge in [0.05, 0.1) is 17.2 Å². The molecule has 0 aliphatic carbocycles. The number of hydrogen-bond donors (Lipinski definition) is 2. The Labute approximate surface area is 172 Å². The fourth-order valence-electron chi connectivity index (χ4n) is 2.67. The third-order valence-electron chi connectivity index (χ3n) is 4.12. The maximum absolute atomic E-state index is 12.2. The van der Waals surface area contributed by atoms with E-state index in [1.54, 1.807) is 0 Å². The van der Waals surface area contributed by atoms with Crippen LogP contribution in [-0.2, 0) is 4.79 Å². The van der Waals surface area contributed by atoms with Crippen molar-refractivity contribution in [3.8, 4) is 0 Å². The van der Waals surface area contributed by atoms with Gasteiger partial charge in [-0.05, 0) is 6.07 Å². The van der Waals surface area contributed by atoms with Crippen LogP contribution in [0.25, 0.3) is 0 Å². The molecule has 0 atom stereocenters. The molecule has 150 valence electrons. The Balaban J connectivity index is 1.67. The van der Waals surface area contributed by atoms with Gasteiger partial charge in [0.1, 0.15) is 0 Å². The number of nitrogens with zero attached hydrogens (tertiary/aromatic N) is 2. The molecule has 0 unspecified atom stereocenters. The van der Waals surface area contributed by atoms with Crippen molar-refractivity contribution in [2.24, 2.45) is 5.10 Å². The second kappa shape index (κ2) is 9.74. The fourth-order valence-corrected chi connectivity index (χ4v) is 2.67. The molecule has 3 aromatic rings. The number of carbonyl (C=O) groups is 2. The highest BCUT2D eigenvalue weighted by Gasteiger charge is 2.13. The standard InChI is InChI=1S/C22H18N4O4/c27-20(15-23-22(28)18-12-7-13-19(14-18)26(29)30)24-25-21(16-8-3-1-4-9-16)17-10-5-2-6-11-17/h1-14H,15H2,(H,23,28)(H,24,27). The molecule has 2 N–H and O–H groups in total. The summed E-state index contributed by atoms with van der Waals surface area (Å²) in [6.07, 6.45) is 0. The average Bonchev–Trinajstić information content (AvgIpc) is 2.79. The number of hydrazone groups is 1. The van der Waals surface area contributed by atoms with Crippen molar-refractivity contribution < 1.29 is 14.5 Å². The zero-order valence-electron chi connectivity index (χ0n) is 15.8. The number of benzene rings is 3. The Bertz CT molecular complexity index is 1040. The minimum Gasteiger partial charge on any atom is -0.343 e. The molecule has 2 amide bonds. The van der Waals surface area contributed by atoms with Gasteiger partial charge in [0, 0.05) is 28.8 Å². The van der Waals surface area contributed by atoms with Gasteiger partial charge >= 0.3 is 0 Å². The Morgan fingerprint density at radius 1 is 0.833 bits per heavy atom. The molecule has 0 radical (unpaired) electrons. The lowest BCUT2D eigenvalue weighted by Gasteiger charge is -2.08. The van der Waals surface area contributed by atoms with E-state index in [1.807, 2.05) is 60.7 Å². The fraction of sp³-hybridized carbons (Fsp3) is 0.0455. The van der Waals surface area contributed by atoms with E-state index >= 15 is 0 Å². The Morgan fingerprint density at radius 2 is 1.40 bits per heavy atom. The summed E-state index contributed by atoms with van der Waals surface area (Å²) >= 11 is 0. The Morgan fingerprint density at radius 3 is 1.97 bits per heavy atom. The van der Waals surface area contributed by atoms with Crippen molar-refractivity contribution in [3.05, 3.63) is 112 Å². The largest absolute Gasteiger partial charge is 0.343 e. The second-order valence-corrected chi connectivity index (χ2v) is 6.22. The van der Waals surface area contributed by atoms with Crippen molar-refractivity contribution in [1.29, 1.82) is 0 Å². The zero-order chi connectivity index (χ0) is 21.3. The molecule has 8 heteroatoms. The number of nitro benzene ring substituents is 1. The monoisotopic (exact) mass is 402 g/mol. The summed E-state index contributed by atoms with van der Waals surface area (Å²) in [7, 11) is 0. The minimum absolute atomic E-state index is 0.0924. The molecule has 0 saturated heterocycles. The van der Waals surface area contributed by atoms with E-state index in [1.165, 1.54) is 18.2 Å². The summed E-state index contributed by atoms with van der Waals surface area (Å²) in [6, 6.07) is 24.0. The molecular formula is C22H18N4O4. The zero-order valence-corrected chi connectivity index (χ0v) is 15.8. The van der Waals surface area contributed by atoms with Crippen molar-refractivity contribution in [3.63, 3.8) is 0 Å². The van der Waals surface area contributed by atoms with Crippen molar-refractivity contribution in [2.75, 3.05) is 6.54 Å². The first kappa shape index (κ1) is 20.4. The van der Waals surface area contributed by atoms with Crippen molar-refractivity contribution in [2.45, 2.75) is 0 Å². The van der Waals surface area contributed by atoms with Crippen LogP contribution in [0.2, 0.25) is 0 Å². The van der Waals surface area contributed by atoms with Crippen LogP contribution in [0, 0.1) is 10.1 Å². The van der Waals surface area contributed by atoms with Crippen LogP contribution >= 0.6 is 0 Å². The minimum atomic E-state index is -0.593. The van der Waals surface area contributed by atoms with E-state index in [-0.39, 0.29) is 17.8 Å². The van der Waals surface area contributed by atoms with Crippen molar-refractivity contribution in [1.82, 2.24) is 10.7 Å². The maximum atomic E-state index is 12.2. The number of amides is 2. The summed E-state index contributed by atoms with van der Waals surface area (Å²) in [4.78, 5) is 34.6. The highest BCUT2D eigenvalue weighted by atomic mass is 16.6. The smallest absolute Gasteiger partial charge is 0.270 e. The van der Waals surface area contributed by atoms with Crippen LogP contribution in [-0.4, -0.2) is 29.0 Å². The highest BCUT2D eigenvalue weighted by Crippen LogP contribution is 2.13. The summed E-state index contributed by atoms with van der Waals surface area (Å²) in [6.45, 7) is -0.331. The molecule has 30 heavy (non-hydrogen) atoms. The molecule has 0 bridgehead atoms. The first-order valence-electron chi connectivity index (χ1n) is 9.04. The first-order chi connectivity index (χ1) is 14.5. The molecule has 3 aromatic carbocycles. The number of nitro groups is 1. The summed E-state index contributed by atoms with van der Waals surface area (Å²) in [5, 5.41) is 17.5. The molecular weight excluding hydrogens is 384 g/mol. The third kappa shape index (κ3) is 5.35. The molecule has 0 saturated carbocycles. The van der Waals surface area contributed by atoms with Gasteiger partial charge in [-0.25, -0.2) is 5.43 Å². The highest BCUT2D eigenvalue weighted by molar-refractivity contribution is 6.13. The molecule has 0 aliphatic heterocycles. The summed E-state index contributed by atoms with van der Waals surface area (Å²) in [5.74, 6) is -1.12.